The van der Waals surface area contributed by atoms with Crippen LogP contribution < -0.4 is 5.32 Å². The second-order valence-corrected chi connectivity index (χ2v) is 5.42. The lowest BCUT2D eigenvalue weighted by Gasteiger charge is -2.30. The van der Waals surface area contributed by atoms with Crippen LogP contribution in [-0.2, 0) is 0 Å². The first-order valence-electron chi connectivity index (χ1n) is 6.69. The first kappa shape index (κ1) is 11.2. The molecule has 0 aromatic heterocycles. The standard InChI is InChI=1S/C14H25N/c1-3-5-14(15-8-4-2)13-10-11-6-7-12(13)9-11/h3,11-15H,1,4-10H2,2H3. The summed E-state index contributed by atoms with van der Waals surface area (Å²) >= 11 is 0. The van der Waals surface area contributed by atoms with Crippen molar-refractivity contribution in [3.8, 4) is 0 Å². The molecule has 2 aliphatic carbocycles. The molecule has 4 unspecified atom stereocenters. The molecular formula is C14H25N. The van der Waals surface area contributed by atoms with E-state index in [9.17, 15) is 0 Å². The van der Waals surface area contributed by atoms with Gasteiger partial charge in [-0.1, -0.05) is 19.4 Å². The third-order valence-electron chi connectivity index (χ3n) is 4.39. The summed E-state index contributed by atoms with van der Waals surface area (Å²) in [6.07, 6.45) is 10.5. The van der Waals surface area contributed by atoms with E-state index in [1.165, 1.54) is 38.6 Å². The molecule has 0 heterocycles. The topological polar surface area (TPSA) is 12.0 Å². The van der Waals surface area contributed by atoms with Crippen LogP contribution in [0, 0.1) is 17.8 Å². The van der Waals surface area contributed by atoms with Gasteiger partial charge < -0.3 is 5.32 Å². The summed E-state index contributed by atoms with van der Waals surface area (Å²) in [6, 6.07) is 0.720. The van der Waals surface area contributed by atoms with Crippen LogP contribution in [0.15, 0.2) is 12.7 Å². The summed E-state index contributed by atoms with van der Waals surface area (Å²) in [5.41, 5.74) is 0. The van der Waals surface area contributed by atoms with Gasteiger partial charge in [0.2, 0.25) is 0 Å². The molecule has 0 aromatic carbocycles. The summed E-state index contributed by atoms with van der Waals surface area (Å²) in [5, 5.41) is 3.73. The van der Waals surface area contributed by atoms with Crippen molar-refractivity contribution < 1.29 is 0 Å². The molecule has 0 saturated heterocycles. The molecule has 0 aliphatic heterocycles. The molecule has 1 heteroatoms. The van der Waals surface area contributed by atoms with E-state index >= 15 is 0 Å². The van der Waals surface area contributed by atoms with Crippen LogP contribution >= 0.6 is 0 Å². The summed E-state index contributed by atoms with van der Waals surface area (Å²) in [7, 11) is 0. The molecule has 86 valence electrons. The maximum atomic E-state index is 3.90. The Morgan fingerprint density at radius 3 is 2.80 bits per heavy atom. The maximum absolute atomic E-state index is 3.90. The van der Waals surface area contributed by atoms with E-state index in [-0.39, 0.29) is 0 Å². The first-order chi connectivity index (χ1) is 7.35. The van der Waals surface area contributed by atoms with Crippen molar-refractivity contribution in [2.45, 2.75) is 51.5 Å². The number of nitrogens with one attached hydrogen (secondary N) is 1. The van der Waals surface area contributed by atoms with E-state index in [1.807, 2.05) is 0 Å². The molecular weight excluding hydrogens is 182 g/mol. The molecule has 1 nitrogen and oxygen atoms in total. The van der Waals surface area contributed by atoms with Crippen molar-refractivity contribution in [3.05, 3.63) is 12.7 Å². The predicted molar refractivity (Wildman–Crippen MR) is 65.8 cm³/mol. The Hall–Kier alpha value is -0.300. The Bertz CT molecular complexity index is 211. The number of hydrogen-bond donors (Lipinski definition) is 1. The number of rotatable bonds is 6. The highest BCUT2D eigenvalue weighted by molar-refractivity contribution is 4.97. The minimum Gasteiger partial charge on any atom is -0.313 e. The van der Waals surface area contributed by atoms with E-state index in [1.54, 1.807) is 0 Å². The van der Waals surface area contributed by atoms with Gasteiger partial charge >= 0.3 is 0 Å². The van der Waals surface area contributed by atoms with Crippen LogP contribution in [0.25, 0.3) is 0 Å². The van der Waals surface area contributed by atoms with E-state index in [0.29, 0.717) is 0 Å². The van der Waals surface area contributed by atoms with E-state index in [0.717, 1.165) is 30.2 Å². The average Bonchev–Trinajstić information content (AvgIpc) is 2.85. The minimum atomic E-state index is 0.720. The second-order valence-electron chi connectivity index (χ2n) is 5.42. The van der Waals surface area contributed by atoms with E-state index in [2.05, 4.69) is 24.9 Å². The highest BCUT2D eigenvalue weighted by Crippen LogP contribution is 2.49. The Morgan fingerprint density at radius 1 is 1.40 bits per heavy atom. The Balaban J connectivity index is 1.89. The van der Waals surface area contributed by atoms with Crippen LogP contribution in [0.5, 0.6) is 0 Å². The van der Waals surface area contributed by atoms with Crippen molar-refractivity contribution in [1.29, 1.82) is 0 Å². The molecule has 2 fully saturated rings. The zero-order valence-electron chi connectivity index (χ0n) is 10.0. The van der Waals surface area contributed by atoms with E-state index < -0.39 is 0 Å². The number of hydrogen-bond acceptors (Lipinski definition) is 1. The van der Waals surface area contributed by atoms with Gasteiger partial charge in [-0.25, -0.2) is 0 Å². The average molecular weight is 207 g/mol. The van der Waals surface area contributed by atoms with E-state index in [4.69, 9.17) is 0 Å². The van der Waals surface area contributed by atoms with Gasteiger partial charge in [-0.05, 0) is 56.4 Å². The molecule has 0 amide bonds. The van der Waals surface area contributed by atoms with Gasteiger partial charge in [0.1, 0.15) is 0 Å². The Morgan fingerprint density at radius 2 is 2.27 bits per heavy atom. The third-order valence-corrected chi connectivity index (χ3v) is 4.39. The minimum absolute atomic E-state index is 0.720. The smallest absolute Gasteiger partial charge is 0.0132 e. The fourth-order valence-electron chi connectivity index (χ4n) is 3.71. The Labute approximate surface area is 94.3 Å². The van der Waals surface area contributed by atoms with Crippen molar-refractivity contribution >= 4 is 0 Å². The zero-order chi connectivity index (χ0) is 10.7. The van der Waals surface area contributed by atoms with Gasteiger partial charge in [0.15, 0.2) is 0 Å². The molecule has 2 rings (SSSR count). The van der Waals surface area contributed by atoms with Crippen molar-refractivity contribution in [2.24, 2.45) is 17.8 Å². The van der Waals surface area contributed by atoms with Gasteiger partial charge in [-0.15, -0.1) is 6.58 Å². The molecule has 2 saturated carbocycles. The summed E-state index contributed by atoms with van der Waals surface area (Å²) < 4.78 is 0. The van der Waals surface area contributed by atoms with Crippen LogP contribution in [0.3, 0.4) is 0 Å². The largest absolute Gasteiger partial charge is 0.313 e. The summed E-state index contributed by atoms with van der Waals surface area (Å²) in [5.74, 6) is 3.05. The SMILES string of the molecule is C=CCC(NCCC)C1CC2CCC1C2. The lowest BCUT2D eigenvalue weighted by Crippen LogP contribution is -2.38. The highest BCUT2D eigenvalue weighted by atomic mass is 14.9. The molecule has 0 spiro atoms. The molecule has 0 radical (unpaired) electrons. The molecule has 2 bridgehead atoms. The van der Waals surface area contributed by atoms with Gasteiger partial charge in [-0.3, -0.25) is 0 Å². The quantitative estimate of drug-likeness (QED) is 0.658. The van der Waals surface area contributed by atoms with Crippen LogP contribution in [0.1, 0.15) is 45.4 Å². The summed E-state index contributed by atoms with van der Waals surface area (Å²) in [6.45, 7) is 7.32. The fraction of sp³-hybridized carbons (Fsp3) is 0.857. The molecule has 4 atom stereocenters. The van der Waals surface area contributed by atoms with Crippen LogP contribution in [0.4, 0.5) is 0 Å². The molecule has 15 heavy (non-hydrogen) atoms. The normalized spacial score (nSPS) is 35.7. The van der Waals surface area contributed by atoms with Crippen molar-refractivity contribution in [2.75, 3.05) is 6.54 Å². The molecule has 2 aliphatic rings. The molecule has 1 N–H and O–H groups in total. The fourth-order valence-corrected chi connectivity index (χ4v) is 3.71. The summed E-state index contributed by atoms with van der Waals surface area (Å²) in [4.78, 5) is 0. The van der Waals surface area contributed by atoms with Gasteiger partial charge in [0, 0.05) is 6.04 Å². The van der Waals surface area contributed by atoms with Crippen molar-refractivity contribution in [1.82, 2.24) is 5.32 Å². The van der Waals surface area contributed by atoms with Gasteiger partial charge in [0.05, 0.1) is 0 Å². The lowest BCUT2D eigenvalue weighted by molar-refractivity contribution is 0.249. The number of fused-ring (bicyclic) bond motifs is 2. The van der Waals surface area contributed by atoms with Gasteiger partial charge in [-0.2, -0.15) is 0 Å². The third kappa shape index (κ3) is 2.44. The van der Waals surface area contributed by atoms with Gasteiger partial charge in [0.25, 0.3) is 0 Å². The predicted octanol–water partition coefficient (Wildman–Crippen LogP) is 3.37. The maximum Gasteiger partial charge on any atom is 0.0132 e. The van der Waals surface area contributed by atoms with Crippen molar-refractivity contribution in [3.63, 3.8) is 0 Å². The highest BCUT2D eigenvalue weighted by Gasteiger charge is 2.42. The first-order valence-corrected chi connectivity index (χ1v) is 6.69. The lowest BCUT2D eigenvalue weighted by atomic mass is 9.82. The van der Waals surface area contributed by atoms with Crippen LogP contribution in [-0.4, -0.2) is 12.6 Å². The monoisotopic (exact) mass is 207 g/mol. The molecule has 0 aromatic rings. The van der Waals surface area contributed by atoms with Crippen LogP contribution in [0.2, 0.25) is 0 Å². The Kier molecular flexibility index (Phi) is 3.85. The second kappa shape index (κ2) is 5.16. The zero-order valence-corrected chi connectivity index (χ0v) is 10.0.